The highest BCUT2D eigenvalue weighted by Crippen LogP contribution is 2.35. The quantitative estimate of drug-likeness (QED) is 0.317. The van der Waals surface area contributed by atoms with Crippen LogP contribution in [0.15, 0.2) is 30.3 Å². The van der Waals surface area contributed by atoms with E-state index in [1.165, 1.54) is 47.6 Å². The first-order chi connectivity index (χ1) is 14.3. The zero-order valence-electron chi connectivity index (χ0n) is 17.1. The summed E-state index contributed by atoms with van der Waals surface area (Å²) >= 11 is 1.41. The molecule has 0 spiro atoms. The second-order valence-electron chi connectivity index (χ2n) is 7.36. The molecular formula is C21H24N3O5S+. The summed E-state index contributed by atoms with van der Waals surface area (Å²) in [5.41, 5.74) is 1.87. The number of hydrogen-bond acceptors (Lipinski definition) is 6. The standard InChI is InChI=1S/C21H23N3O5S/c1-13(2)23-10-9-16-17(12-23)30-20(19(16)21(26)29-3)22-18(25)8-7-14-5-4-6-15(11-14)24(27)28/h4-8,11,13H,9-10,12H2,1-3H3,(H,22,25)/p+1. The predicted molar refractivity (Wildman–Crippen MR) is 115 cm³/mol. The molecule has 158 valence electrons. The van der Waals surface area contributed by atoms with Crippen molar-refractivity contribution in [2.75, 3.05) is 19.0 Å². The maximum atomic E-state index is 12.5. The number of carbonyl (C=O) groups excluding carboxylic acids is 2. The van der Waals surface area contributed by atoms with Crippen LogP contribution in [0.3, 0.4) is 0 Å². The first-order valence-corrected chi connectivity index (χ1v) is 10.4. The summed E-state index contributed by atoms with van der Waals surface area (Å²) in [5, 5.41) is 14.1. The molecule has 0 saturated carbocycles. The number of ether oxygens (including phenoxy) is 1. The molecule has 1 aliphatic heterocycles. The summed E-state index contributed by atoms with van der Waals surface area (Å²) in [6.45, 7) is 6.06. The minimum atomic E-state index is -0.487. The Morgan fingerprint density at radius 2 is 2.13 bits per heavy atom. The third-order valence-electron chi connectivity index (χ3n) is 5.13. The number of fused-ring (bicyclic) bond motifs is 1. The number of nitro groups is 1. The van der Waals surface area contributed by atoms with E-state index in [1.54, 1.807) is 12.1 Å². The van der Waals surface area contributed by atoms with E-state index in [4.69, 9.17) is 4.74 Å². The van der Waals surface area contributed by atoms with E-state index in [1.807, 2.05) is 0 Å². The molecule has 0 bridgehead atoms. The second kappa shape index (κ2) is 9.19. The summed E-state index contributed by atoms with van der Waals surface area (Å²) in [5.74, 6) is -0.878. The number of nitrogens with one attached hydrogen (secondary N) is 2. The number of benzene rings is 1. The van der Waals surface area contributed by atoms with Gasteiger partial charge in [-0.3, -0.25) is 14.9 Å². The van der Waals surface area contributed by atoms with Crippen molar-refractivity contribution in [3.05, 3.63) is 62.0 Å². The van der Waals surface area contributed by atoms with Crippen molar-refractivity contribution in [2.24, 2.45) is 0 Å². The SMILES string of the molecule is COC(=O)c1c(NC(=O)C=Cc2cccc([N+](=O)[O-])c2)sc2c1CC[NH+](C(C)C)C2. The van der Waals surface area contributed by atoms with Crippen LogP contribution in [-0.4, -0.2) is 36.5 Å². The highest BCUT2D eigenvalue weighted by molar-refractivity contribution is 7.17. The van der Waals surface area contributed by atoms with Crippen LogP contribution in [0, 0.1) is 10.1 Å². The Kier molecular flexibility index (Phi) is 6.63. The van der Waals surface area contributed by atoms with Gasteiger partial charge in [0.1, 0.15) is 11.5 Å². The molecule has 1 aliphatic rings. The average Bonchev–Trinajstić information content (AvgIpc) is 3.08. The number of esters is 1. The molecule has 1 aromatic carbocycles. The van der Waals surface area contributed by atoms with E-state index >= 15 is 0 Å². The zero-order chi connectivity index (χ0) is 21.8. The third kappa shape index (κ3) is 4.74. The molecule has 3 rings (SSSR count). The molecule has 1 atom stereocenters. The lowest BCUT2D eigenvalue weighted by molar-refractivity contribution is -0.936. The van der Waals surface area contributed by atoms with Crippen LogP contribution in [0.25, 0.3) is 6.08 Å². The Morgan fingerprint density at radius 1 is 1.37 bits per heavy atom. The van der Waals surface area contributed by atoms with Gasteiger partial charge in [0, 0.05) is 24.6 Å². The number of methoxy groups -OCH3 is 1. The van der Waals surface area contributed by atoms with Crippen LogP contribution >= 0.6 is 11.3 Å². The normalized spacial score (nSPS) is 15.8. The van der Waals surface area contributed by atoms with Crippen LogP contribution in [0.1, 0.15) is 40.2 Å². The molecule has 2 N–H and O–H groups in total. The van der Waals surface area contributed by atoms with Crippen LogP contribution in [-0.2, 0) is 22.5 Å². The minimum absolute atomic E-state index is 0.0475. The molecule has 1 unspecified atom stereocenters. The van der Waals surface area contributed by atoms with Gasteiger partial charge in [-0.1, -0.05) is 12.1 Å². The maximum Gasteiger partial charge on any atom is 0.341 e. The molecule has 1 amide bonds. The molecule has 0 radical (unpaired) electrons. The fraction of sp³-hybridized carbons (Fsp3) is 0.333. The molecule has 9 heteroatoms. The number of amides is 1. The van der Waals surface area contributed by atoms with E-state index in [0.29, 0.717) is 22.2 Å². The van der Waals surface area contributed by atoms with Crippen molar-refractivity contribution in [3.63, 3.8) is 0 Å². The van der Waals surface area contributed by atoms with Gasteiger partial charge in [0.25, 0.3) is 5.69 Å². The van der Waals surface area contributed by atoms with Gasteiger partial charge in [-0.25, -0.2) is 4.79 Å². The monoisotopic (exact) mass is 430 g/mol. The van der Waals surface area contributed by atoms with E-state index < -0.39 is 16.8 Å². The van der Waals surface area contributed by atoms with Gasteiger partial charge in [0.05, 0.1) is 35.1 Å². The number of rotatable bonds is 6. The first-order valence-electron chi connectivity index (χ1n) is 9.61. The molecule has 2 aromatic rings. The van der Waals surface area contributed by atoms with E-state index in [9.17, 15) is 19.7 Å². The number of nitro benzene ring substituents is 1. The summed E-state index contributed by atoms with van der Waals surface area (Å²) < 4.78 is 4.95. The molecule has 30 heavy (non-hydrogen) atoms. The zero-order valence-corrected chi connectivity index (χ0v) is 17.9. The largest absolute Gasteiger partial charge is 0.465 e. The number of nitrogens with zero attached hydrogens (tertiary/aromatic N) is 1. The van der Waals surface area contributed by atoms with Crippen molar-refractivity contribution in [3.8, 4) is 0 Å². The van der Waals surface area contributed by atoms with E-state index in [-0.39, 0.29) is 5.69 Å². The van der Waals surface area contributed by atoms with Gasteiger partial charge in [0.2, 0.25) is 5.91 Å². The molecule has 0 aliphatic carbocycles. The Bertz CT molecular complexity index is 1010. The Morgan fingerprint density at radius 3 is 2.80 bits per heavy atom. The number of carbonyl (C=O) groups is 2. The topological polar surface area (TPSA) is 103 Å². The molecule has 0 saturated heterocycles. The number of non-ortho nitro benzene ring substituents is 1. The lowest BCUT2D eigenvalue weighted by atomic mass is 10.0. The highest BCUT2D eigenvalue weighted by Gasteiger charge is 2.31. The van der Waals surface area contributed by atoms with E-state index in [0.717, 1.165) is 30.0 Å². The summed E-state index contributed by atoms with van der Waals surface area (Å²) in [4.78, 5) is 37.8. The lowest BCUT2D eigenvalue weighted by Gasteiger charge is -2.27. The highest BCUT2D eigenvalue weighted by atomic mass is 32.1. The van der Waals surface area contributed by atoms with Crippen molar-refractivity contribution >= 4 is 40.0 Å². The summed E-state index contributed by atoms with van der Waals surface area (Å²) in [7, 11) is 1.33. The molecule has 1 aromatic heterocycles. The Hall–Kier alpha value is -3.04. The molecule has 8 nitrogen and oxygen atoms in total. The Balaban J connectivity index is 1.82. The number of thiophene rings is 1. The molecule has 2 heterocycles. The van der Waals surface area contributed by atoms with Crippen molar-refractivity contribution < 1.29 is 24.1 Å². The van der Waals surface area contributed by atoms with Gasteiger partial charge in [-0.15, -0.1) is 11.3 Å². The lowest BCUT2D eigenvalue weighted by Crippen LogP contribution is -3.14. The van der Waals surface area contributed by atoms with Crippen LogP contribution < -0.4 is 10.2 Å². The minimum Gasteiger partial charge on any atom is -0.465 e. The second-order valence-corrected chi connectivity index (χ2v) is 8.47. The van der Waals surface area contributed by atoms with Gasteiger partial charge in [-0.05, 0) is 31.1 Å². The predicted octanol–water partition coefficient (Wildman–Crippen LogP) is 2.44. The van der Waals surface area contributed by atoms with Crippen LogP contribution in [0.4, 0.5) is 10.7 Å². The van der Waals surface area contributed by atoms with Crippen molar-refractivity contribution in [2.45, 2.75) is 32.9 Å². The number of quaternary nitrogens is 1. The summed E-state index contributed by atoms with van der Waals surface area (Å²) in [6.07, 6.45) is 3.55. The molecular weight excluding hydrogens is 406 g/mol. The first kappa shape index (κ1) is 21.7. The van der Waals surface area contributed by atoms with Gasteiger partial charge >= 0.3 is 5.97 Å². The van der Waals surface area contributed by atoms with Crippen molar-refractivity contribution in [1.29, 1.82) is 0 Å². The Labute approximate surface area is 178 Å². The number of hydrogen-bond donors (Lipinski definition) is 2. The van der Waals surface area contributed by atoms with Crippen molar-refractivity contribution in [1.82, 2.24) is 0 Å². The smallest absolute Gasteiger partial charge is 0.341 e. The third-order valence-corrected chi connectivity index (χ3v) is 6.27. The fourth-order valence-corrected chi connectivity index (χ4v) is 4.76. The fourth-order valence-electron chi connectivity index (χ4n) is 3.47. The van der Waals surface area contributed by atoms with Gasteiger partial charge in [-0.2, -0.15) is 0 Å². The average molecular weight is 431 g/mol. The van der Waals surface area contributed by atoms with E-state index in [2.05, 4.69) is 19.2 Å². The number of anilines is 1. The van der Waals surface area contributed by atoms with Crippen LogP contribution in [0.2, 0.25) is 0 Å². The van der Waals surface area contributed by atoms with Crippen LogP contribution in [0.5, 0.6) is 0 Å². The van der Waals surface area contributed by atoms with Gasteiger partial charge in [0.15, 0.2) is 0 Å². The summed E-state index contributed by atoms with van der Waals surface area (Å²) in [6, 6.07) is 6.47. The maximum absolute atomic E-state index is 12.5. The molecule has 0 fully saturated rings. The van der Waals surface area contributed by atoms with Gasteiger partial charge < -0.3 is 15.0 Å².